The highest BCUT2D eigenvalue weighted by molar-refractivity contribution is 5.54. The number of aliphatic hydroxyl groups is 1. The van der Waals surface area contributed by atoms with Crippen LogP contribution in [0, 0.1) is 0 Å². The van der Waals surface area contributed by atoms with E-state index in [0.29, 0.717) is 28.4 Å². The van der Waals surface area contributed by atoms with E-state index in [-0.39, 0.29) is 0 Å². The molecule has 4 heteroatoms. The summed E-state index contributed by atoms with van der Waals surface area (Å²) in [5.74, 6) is 1.54. The molecule has 94 valence electrons. The zero-order chi connectivity index (χ0) is 13.0. The van der Waals surface area contributed by atoms with Gasteiger partial charge in [0.1, 0.15) is 0 Å². The summed E-state index contributed by atoms with van der Waals surface area (Å²) in [6.07, 6.45) is -0.747. The van der Waals surface area contributed by atoms with Crippen molar-refractivity contribution in [3.8, 4) is 17.2 Å². The minimum Gasteiger partial charge on any atom is -0.493 e. The van der Waals surface area contributed by atoms with Crippen molar-refractivity contribution in [1.29, 1.82) is 0 Å². The summed E-state index contributed by atoms with van der Waals surface area (Å²) in [5.41, 5.74) is 1.31. The Morgan fingerprint density at radius 2 is 1.59 bits per heavy atom. The van der Waals surface area contributed by atoms with E-state index in [9.17, 15) is 5.11 Å². The van der Waals surface area contributed by atoms with Crippen molar-refractivity contribution in [3.05, 3.63) is 29.8 Å². The summed E-state index contributed by atoms with van der Waals surface area (Å²) < 4.78 is 15.6. The van der Waals surface area contributed by atoms with Gasteiger partial charge in [-0.2, -0.15) is 0 Å². The van der Waals surface area contributed by atoms with E-state index < -0.39 is 6.10 Å². The summed E-state index contributed by atoms with van der Waals surface area (Å²) in [4.78, 5) is 0. The van der Waals surface area contributed by atoms with Crippen LogP contribution in [0.3, 0.4) is 0 Å². The fraction of sp³-hybridized carbons (Fsp3) is 0.385. The van der Waals surface area contributed by atoms with Crippen molar-refractivity contribution in [2.24, 2.45) is 0 Å². The Morgan fingerprint density at radius 3 is 1.88 bits per heavy atom. The van der Waals surface area contributed by atoms with Gasteiger partial charge in [0.2, 0.25) is 5.75 Å². The highest BCUT2D eigenvalue weighted by atomic mass is 16.5. The molecule has 1 aromatic rings. The van der Waals surface area contributed by atoms with Gasteiger partial charge in [0.25, 0.3) is 0 Å². The number of methoxy groups -OCH3 is 3. The van der Waals surface area contributed by atoms with E-state index in [2.05, 4.69) is 6.58 Å². The quantitative estimate of drug-likeness (QED) is 0.800. The molecule has 0 heterocycles. The zero-order valence-corrected chi connectivity index (χ0v) is 10.6. The summed E-state index contributed by atoms with van der Waals surface area (Å²) in [6.45, 7) is 5.48. The molecule has 4 nitrogen and oxygen atoms in total. The van der Waals surface area contributed by atoms with Crippen LogP contribution in [0.1, 0.15) is 18.6 Å². The Balaban J connectivity index is 3.31. The number of hydrogen-bond donors (Lipinski definition) is 1. The Morgan fingerprint density at radius 1 is 1.12 bits per heavy atom. The maximum Gasteiger partial charge on any atom is 0.203 e. The molecule has 0 fully saturated rings. The molecule has 1 atom stereocenters. The Hall–Kier alpha value is -1.68. The Labute approximate surface area is 101 Å². The maximum absolute atomic E-state index is 9.95. The third-order valence-electron chi connectivity index (χ3n) is 2.47. The van der Waals surface area contributed by atoms with Crippen LogP contribution in [0.2, 0.25) is 0 Å². The van der Waals surface area contributed by atoms with Gasteiger partial charge in [0.15, 0.2) is 11.5 Å². The lowest BCUT2D eigenvalue weighted by atomic mass is 10.0. The van der Waals surface area contributed by atoms with E-state index in [4.69, 9.17) is 14.2 Å². The van der Waals surface area contributed by atoms with Crippen LogP contribution in [0.5, 0.6) is 17.2 Å². The van der Waals surface area contributed by atoms with E-state index in [1.807, 2.05) is 0 Å². The van der Waals surface area contributed by atoms with Crippen molar-refractivity contribution in [2.45, 2.75) is 13.0 Å². The van der Waals surface area contributed by atoms with Gasteiger partial charge < -0.3 is 19.3 Å². The zero-order valence-electron chi connectivity index (χ0n) is 10.6. The first-order chi connectivity index (χ1) is 8.04. The van der Waals surface area contributed by atoms with Crippen LogP contribution in [0.25, 0.3) is 0 Å². The second-order valence-corrected chi connectivity index (χ2v) is 3.71. The third kappa shape index (κ3) is 2.71. The fourth-order valence-electron chi connectivity index (χ4n) is 1.54. The molecular weight excluding hydrogens is 220 g/mol. The minimum absolute atomic E-state index is 0.507. The molecule has 1 aromatic carbocycles. The SMILES string of the molecule is C=C(C)C(O)c1cc(OC)c(OC)c(OC)c1. The van der Waals surface area contributed by atoms with Gasteiger partial charge in [-0.25, -0.2) is 0 Å². The molecule has 0 aliphatic heterocycles. The lowest BCUT2D eigenvalue weighted by Gasteiger charge is -2.17. The monoisotopic (exact) mass is 238 g/mol. The first-order valence-electron chi connectivity index (χ1n) is 5.18. The minimum atomic E-state index is -0.747. The number of rotatable bonds is 5. The summed E-state index contributed by atoms with van der Waals surface area (Å²) in [5, 5.41) is 9.95. The van der Waals surface area contributed by atoms with Crippen LogP contribution in [0.15, 0.2) is 24.3 Å². The second-order valence-electron chi connectivity index (χ2n) is 3.71. The van der Waals surface area contributed by atoms with Crippen LogP contribution in [-0.2, 0) is 0 Å². The fourth-order valence-corrected chi connectivity index (χ4v) is 1.54. The van der Waals surface area contributed by atoms with Crippen molar-refractivity contribution in [2.75, 3.05) is 21.3 Å². The molecule has 0 radical (unpaired) electrons. The summed E-state index contributed by atoms with van der Waals surface area (Å²) in [6, 6.07) is 3.42. The Bertz CT molecular complexity index is 387. The van der Waals surface area contributed by atoms with Gasteiger partial charge in [-0.3, -0.25) is 0 Å². The van der Waals surface area contributed by atoms with Gasteiger partial charge in [0, 0.05) is 0 Å². The highest BCUT2D eigenvalue weighted by Crippen LogP contribution is 2.40. The van der Waals surface area contributed by atoms with Gasteiger partial charge in [-0.05, 0) is 30.2 Å². The van der Waals surface area contributed by atoms with Gasteiger partial charge in [0.05, 0.1) is 27.4 Å². The van der Waals surface area contributed by atoms with E-state index in [1.54, 1.807) is 19.1 Å². The van der Waals surface area contributed by atoms with Crippen molar-refractivity contribution in [3.63, 3.8) is 0 Å². The Kier molecular flexibility index (Phi) is 4.40. The molecule has 0 saturated heterocycles. The molecule has 0 spiro atoms. The normalized spacial score (nSPS) is 11.8. The van der Waals surface area contributed by atoms with Crippen molar-refractivity contribution < 1.29 is 19.3 Å². The molecule has 0 aliphatic carbocycles. The molecule has 0 amide bonds. The molecule has 17 heavy (non-hydrogen) atoms. The molecule has 0 aliphatic rings. The highest BCUT2D eigenvalue weighted by Gasteiger charge is 2.17. The largest absolute Gasteiger partial charge is 0.493 e. The van der Waals surface area contributed by atoms with Crippen molar-refractivity contribution >= 4 is 0 Å². The average molecular weight is 238 g/mol. The second kappa shape index (κ2) is 5.59. The predicted octanol–water partition coefficient (Wildman–Crippen LogP) is 2.32. The summed E-state index contributed by atoms with van der Waals surface area (Å²) in [7, 11) is 4.61. The molecule has 1 N–H and O–H groups in total. The number of benzene rings is 1. The maximum atomic E-state index is 9.95. The third-order valence-corrected chi connectivity index (χ3v) is 2.47. The number of aliphatic hydroxyl groups excluding tert-OH is 1. The first-order valence-corrected chi connectivity index (χ1v) is 5.18. The first kappa shape index (κ1) is 13.4. The van der Waals surface area contributed by atoms with Crippen LogP contribution in [-0.4, -0.2) is 26.4 Å². The number of hydrogen-bond acceptors (Lipinski definition) is 4. The molecule has 0 bridgehead atoms. The average Bonchev–Trinajstić information content (AvgIpc) is 2.35. The lowest BCUT2D eigenvalue weighted by Crippen LogP contribution is -2.02. The van der Waals surface area contributed by atoms with Gasteiger partial charge in [-0.1, -0.05) is 6.58 Å². The van der Waals surface area contributed by atoms with Crippen LogP contribution >= 0.6 is 0 Å². The number of ether oxygens (including phenoxy) is 3. The smallest absolute Gasteiger partial charge is 0.203 e. The molecule has 1 unspecified atom stereocenters. The molecule has 1 rings (SSSR count). The van der Waals surface area contributed by atoms with E-state index >= 15 is 0 Å². The predicted molar refractivity (Wildman–Crippen MR) is 65.9 cm³/mol. The topological polar surface area (TPSA) is 47.9 Å². The van der Waals surface area contributed by atoms with E-state index in [1.165, 1.54) is 21.3 Å². The summed E-state index contributed by atoms with van der Waals surface area (Å²) >= 11 is 0. The standard InChI is InChI=1S/C13H18O4/c1-8(2)12(14)9-6-10(15-3)13(17-5)11(7-9)16-4/h6-7,12,14H,1H2,2-5H3. The van der Waals surface area contributed by atoms with Crippen molar-refractivity contribution in [1.82, 2.24) is 0 Å². The van der Waals surface area contributed by atoms with Crippen LogP contribution < -0.4 is 14.2 Å². The van der Waals surface area contributed by atoms with E-state index in [0.717, 1.165) is 0 Å². The molecule has 0 saturated carbocycles. The lowest BCUT2D eigenvalue weighted by molar-refractivity contribution is 0.214. The molecule has 0 aromatic heterocycles. The molecular formula is C13H18O4. The van der Waals surface area contributed by atoms with Gasteiger partial charge >= 0.3 is 0 Å². The van der Waals surface area contributed by atoms with Gasteiger partial charge in [-0.15, -0.1) is 0 Å². The van der Waals surface area contributed by atoms with Crippen LogP contribution in [0.4, 0.5) is 0 Å².